The molecular weight excluding hydrogens is 140 g/mol. The second kappa shape index (κ2) is 5.47. The van der Waals surface area contributed by atoms with Crippen molar-refractivity contribution >= 4 is 16.1 Å². The fraction of sp³-hybridized carbons (Fsp3) is 0.857. The number of hydrogen-bond acceptors (Lipinski definition) is 1. The monoisotopic (exact) mass is 158 g/mol. The summed E-state index contributed by atoms with van der Waals surface area (Å²) >= 11 is 0. The zero-order valence-corrected chi connectivity index (χ0v) is 9.52. The van der Waals surface area contributed by atoms with Gasteiger partial charge in [-0.25, -0.2) is 0 Å². The van der Waals surface area contributed by atoms with Crippen molar-refractivity contribution in [1.82, 2.24) is 4.90 Å². The van der Waals surface area contributed by atoms with Gasteiger partial charge in [-0.05, 0) is 20.8 Å². The zero-order chi connectivity index (χ0) is 7.98. The van der Waals surface area contributed by atoms with Gasteiger partial charge in [-0.1, -0.05) is 0 Å². The van der Waals surface area contributed by atoms with Gasteiger partial charge in [0.25, 0.3) is 0 Å². The quantitative estimate of drug-likeness (QED) is 0.322. The second-order valence-electron chi connectivity index (χ2n) is 2.19. The average molecular weight is 158 g/mol. The van der Waals surface area contributed by atoms with Crippen molar-refractivity contribution in [3.63, 3.8) is 0 Å². The molecule has 0 radical (unpaired) electrons. The largest absolute Gasteiger partial charge is 0.365 e. The van der Waals surface area contributed by atoms with E-state index in [-0.39, 0.29) is 0 Å². The molecule has 10 heavy (non-hydrogen) atoms. The summed E-state index contributed by atoms with van der Waals surface area (Å²) in [7, 11) is 1.23. The van der Waals surface area contributed by atoms with E-state index >= 15 is 0 Å². The third-order valence-corrected chi connectivity index (χ3v) is 2.37. The molecule has 0 N–H and O–H groups in total. The molecule has 0 heterocycles. The minimum absolute atomic E-state index is 0.907. The van der Waals surface area contributed by atoms with Crippen molar-refractivity contribution in [2.45, 2.75) is 20.8 Å². The molecule has 0 fully saturated rings. The first-order valence-corrected chi connectivity index (χ1v) is 5.43. The first-order chi connectivity index (χ1) is 4.76. The van der Waals surface area contributed by atoms with E-state index in [0.717, 1.165) is 13.1 Å². The Morgan fingerprint density at radius 1 is 1.50 bits per heavy atom. The van der Waals surface area contributed by atoms with Gasteiger partial charge in [0.15, 0.2) is 0 Å². The first-order valence-electron chi connectivity index (χ1n) is 4.02. The van der Waals surface area contributed by atoms with E-state index in [4.69, 9.17) is 0 Å². The van der Waals surface area contributed by atoms with Crippen molar-refractivity contribution in [3.8, 4) is 0 Å². The Labute approximate surface area is 66.8 Å². The molecule has 0 saturated heterocycles. The van der Waals surface area contributed by atoms with Crippen molar-refractivity contribution < 1.29 is 0 Å². The lowest BCUT2D eigenvalue weighted by Crippen LogP contribution is -2.29. The maximum atomic E-state index is 4.33. The highest BCUT2D eigenvalue weighted by molar-refractivity contribution is 6.10. The molecule has 0 amide bonds. The van der Waals surface area contributed by atoms with Crippen molar-refractivity contribution in [2.75, 3.05) is 19.3 Å². The molecule has 60 valence electrons. The highest BCUT2D eigenvalue weighted by atomic mass is 28.1. The fourth-order valence-electron chi connectivity index (χ4n) is 1.01. The smallest absolute Gasteiger partial charge is 0.0954 e. The van der Waals surface area contributed by atoms with Gasteiger partial charge in [0.2, 0.25) is 0 Å². The number of nitrogens with zero attached hydrogens (tertiary/aromatic N) is 2. The predicted octanol–water partition coefficient (Wildman–Crippen LogP) is 0.0695. The molecular formula is C7H18N2Si. The second-order valence-corrected chi connectivity index (χ2v) is 2.83. The van der Waals surface area contributed by atoms with Crippen LogP contribution in [0.2, 0.25) is 0 Å². The van der Waals surface area contributed by atoms with Crippen LogP contribution in [0.15, 0.2) is 4.99 Å². The molecule has 0 aliphatic heterocycles. The SMILES string of the molecule is CCN=C(C)N(CC)C[SiH3]. The van der Waals surface area contributed by atoms with E-state index in [0.29, 0.717) is 0 Å². The minimum atomic E-state index is 0.907. The Morgan fingerprint density at radius 2 is 2.10 bits per heavy atom. The van der Waals surface area contributed by atoms with Crippen molar-refractivity contribution in [3.05, 3.63) is 0 Å². The van der Waals surface area contributed by atoms with Crippen LogP contribution in [-0.2, 0) is 0 Å². The van der Waals surface area contributed by atoms with Crippen LogP contribution in [0.3, 0.4) is 0 Å². The van der Waals surface area contributed by atoms with Crippen LogP contribution in [0.1, 0.15) is 20.8 Å². The van der Waals surface area contributed by atoms with Crippen molar-refractivity contribution in [1.29, 1.82) is 0 Å². The molecule has 0 spiro atoms. The molecule has 0 aromatic rings. The normalized spacial score (nSPS) is 12.1. The van der Waals surface area contributed by atoms with E-state index in [1.165, 1.54) is 22.2 Å². The van der Waals surface area contributed by atoms with Crippen LogP contribution in [0.5, 0.6) is 0 Å². The summed E-state index contributed by atoms with van der Waals surface area (Å²) in [4.78, 5) is 6.65. The Bertz CT molecular complexity index is 108. The first kappa shape index (κ1) is 9.69. The summed E-state index contributed by atoms with van der Waals surface area (Å²) < 4.78 is 0. The third kappa shape index (κ3) is 3.01. The van der Waals surface area contributed by atoms with Gasteiger partial charge in [0, 0.05) is 29.5 Å². The number of amidine groups is 1. The van der Waals surface area contributed by atoms with Crippen LogP contribution in [0.4, 0.5) is 0 Å². The lowest BCUT2D eigenvalue weighted by atomic mass is 10.5. The van der Waals surface area contributed by atoms with E-state index in [1.54, 1.807) is 0 Å². The molecule has 0 atom stereocenters. The van der Waals surface area contributed by atoms with Gasteiger partial charge in [-0.15, -0.1) is 0 Å². The Morgan fingerprint density at radius 3 is 2.40 bits per heavy atom. The maximum absolute atomic E-state index is 4.33. The van der Waals surface area contributed by atoms with Crippen LogP contribution in [0, 0.1) is 0 Å². The Balaban J connectivity index is 3.87. The fourth-order valence-corrected chi connectivity index (χ4v) is 1.91. The summed E-state index contributed by atoms with van der Waals surface area (Å²) in [6, 6.07) is 0. The highest BCUT2D eigenvalue weighted by Crippen LogP contribution is 1.88. The maximum Gasteiger partial charge on any atom is 0.0954 e. The third-order valence-electron chi connectivity index (χ3n) is 1.61. The summed E-state index contributed by atoms with van der Waals surface area (Å²) in [5.74, 6) is 1.19. The van der Waals surface area contributed by atoms with Gasteiger partial charge in [0.05, 0.1) is 5.84 Å². The molecule has 0 saturated carbocycles. The number of rotatable bonds is 3. The zero-order valence-electron chi connectivity index (χ0n) is 7.52. The molecule has 3 heteroatoms. The van der Waals surface area contributed by atoms with Crippen LogP contribution in [0.25, 0.3) is 0 Å². The standard InChI is InChI=1S/C7H18N2Si/c1-4-8-7(3)9(5-2)6-10/h4-6H2,1-3,10H3. The van der Waals surface area contributed by atoms with Crippen LogP contribution < -0.4 is 0 Å². The Kier molecular flexibility index (Phi) is 5.30. The molecule has 2 nitrogen and oxygen atoms in total. The minimum Gasteiger partial charge on any atom is -0.365 e. The lowest BCUT2D eigenvalue weighted by molar-refractivity contribution is 0.506. The number of hydrogen-bond donors (Lipinski definition) is 0. The molecule has 0 bridgehead atoms. The number of aliphatic imine (C=N–C) groups is 1. The molecule has 0 aliphatic rings. The topological polar surface area (TPSA) is 15.6 Å². The van der Waals surface area contributed by atoms with E-state index in [9.17, 15) is 0 Å². The van der Waals surface area contributed by atoms with Gasteiger partial charge in [-0.3, -0.25) is 4.99 Å². The van der Waals surface area contributed by atoms with E-state index in [2.05, 4.69) is 30.7 Å². The molecule has 0 rings (SSSR count). The van der Waals surface area contributed by atoms with Crippen molar-refractivity contribution in [2.24, 2.45) is 4.99 Å². The highest BCUT2D eigenvalue weighted by Gasteiger charge is 1.97. The molecule has 0 aromatic heterocycles. The Hall–Kier alpha value is -0.313. The van der Waals surface area contributed by atoms with Crippen LogP contribution >= 0.6 is 0 Å². The molecule has 0 unspecified atom stereocenters. The lowest BCUT2D eigenvalue weighted by Gasteiger charge is -2.19. The van der Waals surface area contributed by atoms with E-state index in [1.807, 2.05) is 0 Å². The summed E-state index contributed by atoms with van der Waals surface area (Å²) in [5, 5.41) is 0. The summed E-state index contributed by atoms with van der Waals surface area (Å²) in [5.41, 5.74) is 0. The van der Waals surface area contributed by atoms with Gasteiger partial charge < -0.3 is 4.90 Å². The average Bonchev–Trinajstić information content (AvgIpc) is 1.91. The van der Waals surface area contributed by atoms with Gasteiger partial charge in [0.1, 0.15) is 0 Å². The summed E-state index contributed by atoms with van der Waals surface area (Å²) in [6.45, 7) is 8.34. The molecule has 0 aliphatic carbocycles. The van der Waals surface area contributed by atoms with E-state index < -0.39 is 0 Å². The van der Waals surface area contributed by atoms with Gasteiger partial charge >= 0.3 is 0 Å². The van der Waals surface area contributed by atoms with Gasteiger partial charge in [-0.2, -0.15) is 0 Å². The molecule has 0 aromatic carbocycles. The predicted molar refractivity (Wildman–Crippen MR) is 50.8 cm³/mol. The van der Waals surface area contributed by atoms with Crippen LogP contribution in [-0.4, -0.2) is 40.2 Å². The summed E-state index contributed by atoms with van der Waals surface area (Å²) in [6.07, 6.45) is 1.20.